The number of nitrogens with zero attached hydrogens (tertiary/aromatic N) is 2. The summed E-state index contributed by atoms with van der Waals surface area (Å²) < 4.78 is 0. The topological polar surface area (TPSA) is 42.8 Å². The molecule has 0 amide bonds. The molecule has 2 heterocycles. The van der Waals surface area contributed by atoms with Crippen LogP contribution in [0.4, 0.5) is 0 Å². The third-order valence-corrected chi connectivity index (χ3v) is 6.39. The van der Waals surface area contributed by atoms with E-state index in [9.17, 15) is 0 Å². The average molecular weight is 367 g/mol. The summed E-state index contributed by atoms with van der Waals surface area (Å²) in [6, 6.07) is 18.9. The van der Waals surface area contributed by atoms with E-state index in [0.29, 0.717) is 0 Å². The summed E-state index contributed by atoms with van der Waals surface area (Å²) in [6.07, 6.45) is 7.13. The molecule has 5 rings (SSSR count). The number of nitriles is 1. The molecule has 3 heteroatoms. The fraction of sp³-hybridized carbons (Fsp3) is 0.320. The Labute approximate surface area is 166 Å². The van der Waals surface area contributed by atoms with Crippen molar-refractivity contribution in [1.29, 1.82) is 5.26 Å². The van der Waals surface area contributed by atoms with Crippen LogP contribution in [-0.2, 0) is 12.8 Å². The third kappa shape index (κ3) is 3.25. The lowest BCUT2D eigenvalue weighted by Gasteiger charge is -2.32. The van der Waals surface area contributed by atoms with Crippen LogP contribution in [0.1, 0.15) is 35.2 Å². The maximum absolute atomic E-state index is 8.96. The SMILES string of the molecule is N#Cc1ccc(C2=CCN(CC3CCc4[nH]c5ccccc5c4C3)CC2)cc1. The number of hydrogen-bond acceptors (Lipinski definition) is 2. The number of nitrogens with one attached hydrogen (secondary N) is 1. The van der Waals surface area contributed by atoms with Crippen LogP contribution in [0.25, 0.3) is 16.5 Å². The van der Waals surface area contributed by atoms with Gasteiger partial charge in [0.25, 0.3) is 0 Å². The summed E-state index contributed by atoms with van der Waals surface area (Å²) in [6.45, 7) is 3.35. The minimum atomic E-state index is 0.732. The number of hydrogen-bond donors (Lipinski definition) is 1. The fourth-order valence-corrected chi connectivity index (χ4v) is 4.86. The Kier molecular flexibility index (Phi) is 4.50. The third-order valence-electron chi connectivity index (χ3n) is 6.39. The van der Waals surface area contributed by atoms with Crippen molar-refractivity contribution < 1.29 is 0 Å². The lowest BCUT2D eigenvalue weighted by atomic mass is 9.85. The molecule has 0 radical (unpaired) electrons. The van der Waals surface area contributed by atoms with Crippen molar-refractivity contribution in [3.8, 4) is 6.07 Å². The number of fused-ring (bicyclic) bond motifs is 3. The van der Waals surface area contributed by atoms with Crippen molar-refractivity contribution in [2.24, 2.45) is 5.92 Å². The van der Waals surface area contributed by atoms with Gasteiger partial charge in [0.2, 0.25) is 0 Å². The van der Waals surface area contributed by atoms with Gasteiger partial charge in [-0.2, -0.15) is 5.26 Å². The van der Waals surface area contributed by atoms with Crippen LogP contribution in [0.3, 0.4) is 0 Å². The molecule has 3 aromatic rings. The summed E-state index contributed by atoms with van der Waals surface area (Å²) in [4.78, 5) is 6.24. The highest BCUT2D eigenvalue weighted by molar-refractivity contribution is 5.84. The van der Waals surface area contributed by atoms with E-state index in [4.69, 9.17) is 5.26 Å². The predicted octanol–water partition coefficient (Wildman–Crippen LogP) is 4.93. The second-order valence-electron chi connectivity index (χ2n) is 8.16. The molecular weight excluding hydrogens is 342 g/mol. The van der Waals surface area contributed by atoms with Crippen LogP contribution in [0.15, 0.2) is 54.6 Å². The van der Waals surface area contributed by atoms with Gasteiger partial charge >= 0.3 is 0 Å². The van der Waals surface area contributed by atoms with E-state index in [1.54, 1.807) is 5.56 Å². The number of benzene rings is 2. The Morgan fingerprint density at radius 2 is 1.93 bits per heavy atom. The molecule has 1 aliphatic heterocycles. The van der Waals surface area contributed by atoms with Gasteiger partial charge in [-0.05, 0) is 66.5 Å². The van der Waals surface area contributed by atoms with Gasteiger partial charge in [-0.1, -0.05) is 36.4 Å². The zero-order valence-corrected chi connectivity index (χ0v) is 16.1. The molecule has 0 fully saturated rings. The number of H-pyrrole nitrogens is 1. The van der Waals surface area contributed by atoms with Crippen molar-refractivity contribution >= 4 is 16.5 Å². The first-order valence-corrected chi connectivity index (χ1v) is 10.3. The maximum atomic E-state index is 8.96. The molecule has 1 aromatic heterocycles. The number of aryl methyl sites for hydroxylation is 1. The summed E-state index contributed by atoms with van der Waals surface area (Å²) >= 11 is 0. The smallest absolute Gasteiger partial charge is 0.0991 e. The number of aromatic nitrogens is 1. The van der Waals surface area contributed by atoms with Crippen molar-refractivity contribution in [3.05, 3.63) is 77.0 Å². The molecule has 0 saturated carbocycles. The Bertz CT molecular complexity index is 1070. The zero-order chi connectivity index (χ0) is 18.9. The Balaban J connectivity index is 1.24. The molecule has 1 atom stereocenters. The lowest BCUT2D eigenvalue weighted by Crippen LogP contribution is -2.35. The first-order chi connectivity index (χ1) is 13.8. The maximum Gasteiger partial charge on any atom is 0.0991 e. The van der Waals surface area contributed by atoms with Crippen molar-refractivity contribution in [2.75, 3.05) is 19.6 Å². The summed E-state index contributed by atoms with van der Waals surface area (Å²) in [5.41, 5.74) is 7.72. The van der Waals surface area contributed by atoms with E-state index in [0.717, 1.165) is 31.0 Å². The van der Waals surface area contributed by atoms with Gasteiger partial charge in [-0.15, -0.1) is 0 Å². The number of rotatable bonds is 3. The highest BCUT2D eigenvalue weighted by atomic mass is 15.1. The minimum Gasteiger partial charge on any atom is -0.358 e. The van der Waals surface area contributed by atoms with E-state index < -0.39 is 0 Å². The summed E-state index contributed by atoms with van der Waals surface area (Å²) in [5, 5.41) is 10.4. The molecule has 0 bridgehead atoms. The first-order valence-electron chi connectivity index (χ1n) is 10.3. The summed E-state index contributed by atoms with van der Waals surface area (Å²) in [5.74, 6) is 0.747. The number of para-hydroxylation sites is 1. The highest BCUT2D eigenvalue weighted by Gasteiger charge is 2.24. The Morgan fingerprint density at radius 3 is 2.71 bits per heavy atom. The average Bonchev–Trinajstić information content (AvgIpc) is 3.12. The van der Waals surface area contributed by atoms with Crippen LogP contribution in [0.2, 0.25) is 0 Å². The largest absolute Gasteiger partial charge is 0.358 e. The van der Waals surface area contributed by atoms with E-state index >= 15 is 0 Å². The highest BCUT2D eigenvalue weighted by Crippen LogP contribution is 2.32. The van der Waals surface area contributed by atoms with Gasteiger partial charge in [0.15, 0.2) is 0 Å². The molecular formula is C25H25N3. The van der Waals surface area contributed by atoms with Gasteiger partial charge < -0.3 is 4.98 Å². The monoisotopic (exact) mass is 367 g/mol. The van der Waals surface area contributed by atoms with Crippen LogP contribution < -0.4 is 0 Å². The molecule has 0 spiro atoms. The molecule has 3 nitrogen and oxygen atoms in total. The molecule has 1 unspecified atom stereocenters. The normalized spacial score (nSPS) is 19.8. The fourth-order valence-electron chi connectivity index (χ4n) is 4.86. The second-order valence-corrected chi connectivity index (χ2v) is 8.16. The van der Waals surface area contributed by atoms with Gasteiger partial charge in [0.1, 0.15) is 0 Å². The van der Waals surface area contributed by atoms with Crippen LogP contribution in [0.5, 0.6) is 0 Å². The van der Waals surface area contributed by atoms with Gasteiger partial charge in [0.05, 0.1) is 11.6 Å². The zero-order valence-electron chi connectivity index (χ0n) is 16.1. The van der Waals surface area contributed by atoms with Gasteiger partial charge in [-0.3, -0.25) is 4.90 Å². The van der Waals surface area contributed by atoms with Crippen LogP contribution >= 0.6 is 0 Å². The quantitative estimate of drug-likeness (QED) is 0.713. The van der Waals surface area contributed by atoms with E-state index in [-0.39, 0.29) is 0 Å². The van der Waals surface area contributed by atoms with Crippen molar-refractivity contribution in [2.45, 2.75) is 25.7 Å². The molecule has 140 valence electrons. The first kappa shape index (κ1) is 17.3. The van der Waals surface area contributed by atoms with Crippen molar-refractivity contribution in [3.63, 3.8) is 0 Å². The molecule has 2 aliphatic rings. The summed E-state index contributed by atoms with van der Waals surface area (Å²) in [7, 11) is 0. The van der Waals surface area contributed by atoms with Crippen LogP contribution in [0, 0.1) is 17.2 Å². The van der Waals surface area contributed by atoms with E-state index in [1.807, 2.05) is 12.1 Å². The van der Waals surface area contributed by atoms with Crippen LogP contribution in [-0.4, -0.2) is 29.5 Å². The molecule has 1 aliphatic carbocycles. The standard InChI is InChI=1S/C25H25N3/c26-16-18-5-8-20(9-6-18)21-11-13-28(14-12-21)17-19-7-10-25-23(15-19)22-3-1-2-4-24(22)27-25/h1-6,8-9,11,19,27H,7,10,12-15,17H2. The van der Waals surface area contributed by atoms with E-state index in [2.05, 4.69) is 58.4 Å². The minimum absolute atomic E-state index is 0.732. The predicted molar refractivity (Wildman–Crippen MR) is 114 cm³/mol. The van der Waals surface area contributed by atoms with E-state index in [1.165, 1.54) is 53.5 Å². The molecule has 1 N–H and O–H groups in total. The van der Waals surface area contributed by atoms with Gasteiger partial charge in [0, 0.05) is 36.2 Å². The molecule has 0 saturated heterocycles. The second kappa shape index (κ2) is 7.30. The Hall–Kier alpha value is -2.83. The molecule has 28 heavy (non-hydrogen) atoms. The lowest BCUT2D eigenvalue weighted by molar-refractivity contribution is 0.238. The van der Waals surface area contributed by atoms with Crippen molar-refractivity contribution in [1.82, 2.24) is 9.88 Å². The van der Waals surface area contributed by atoms with Gasteiger partial charge in [-0.25, -0.2) is 0 Å². The molecule has 2 aromatic carbocycles. The Morgan fingerprint density at radius 1 is 1.07 bits per heavy atom. The number of aromatic amines is 1.